The normalized spacial score (nSPS) is 17.0. The Kier molecular flexibility index (Phi) is 6.78. The van der Waals surface area contributed by atoms with Crippen molar-refractivity contribution in [3.05, 3.63) is 175 Å². The van der Waals surface area contributed by atoms with E-state index >= 15 is 0 Å². The first-order valence-electron chi connectivity index (χ1n) is 17.8. The van der Waals surface area contributed by atoms with Gasteiger partial charge in [-0.25, -0.2) is 0 Å². The second kappa shape index (κ2) is 11.7. The Morgan fingerprint density at radius 1 is 0.765 bits per heavy atom. The summed E-state index contributed by atoms with van der Waals surface area (Å²) in [6.07, 6.45) is 4.44. The molecule has 2 aliphatic rings. The summed E-state index contributed by atoms with van der Waals surface area (Å²) in [5.41, 5.74) is 14.3. The van der Waals surface area contributed by atoms with E-state index < -0.39 is 0 Å². The lowest BCUT2D eigenvalue weighted by atomic mass is 9.78. The van der Waals surface area contributed by atoms with Crippen LogP contribution >= 0.6 is 0 Å². The van der Waals surface area contributed by atoms with Gasteiger partial charge in [0.1, 0.15) is 22.5 Å². The molecule has 51 heavy (non-hydrogen) atoms. The molecule has 0 saturated heterocycles. The lowest BCUT2D eigenvalue weighted by Crippen LogP contribution is -2.38. The third kappa shape index (κ3) is 4.60. The molecule has 6 aromatic carbocycles. The summed E-state index contributed by atoms with van der Waals surface area (Å²) in [5.74, 6) is 1.28. The van der Waals surface area contributed by atoms with Crippen molar-refractivity contribution in [3.63, 3.8) is 0 Å². The summed E-state index contributed by atoms with van der Waals surface area (Å²) in [6, 6.07) is 49.9. The van der Waals surface area contributed by atoms with E-state index in [4.69, 9.17) is 16.0 Å². The summed E-state index contributed by atoms with van der Waals surface area (Å²) in [4.78, 5) is 5.38. The average molecular weight is 659 g/mol. The molecule has 0 fully saturated rings. The van der Waals surface area contributed by atoms with Crippen LogP contribution in [0.15, 0.2) is 168 Å². The summed E-state index contributed by atoms with van der Waals surface area (Å²) >= 11 is 0. The second-order valence-electron chi connectivity index (χ2n) is 13.8. The Balaban J connectivity index is 1.30. The molecule has 0 N–H and O–H groups in total. The fourth-order valence-electron chi connectivity index (χ4n) is 8.66. The van der Waals surface area contributed by atoms with Gasteiger partial charge < -0.3 is 4.42 Å². The highest BCUT2D eigenvalue weighted by molar-refractivity contribution is 6.11. The number of hydrogen-bond acceptors (Lipinski definition) is 2. The van der Waals surface area contributed by atoms with Crippen LogP contribution in [0.5, 0.6) is 0 Å². The largest absolute Gasteiger partial charge is 0.455 e. The van der Waals surface area contributed by atoms with Crippen LogP contribution in [0.1, 0.15) is 35.4 Å². The smallest absolute Gasteiger partial charge is 0.304 e. The maximum Gasteiger partial charge on any atom is 0.304 e. The van der Waals surface area contributed by atoms with Crippen molar-refractivity contribution in [1.29, 1.82) is 0 Å². The van der Waals surface area contributed by atoms with Crippen LogP contribution < -0.4 is 4.57 Å². The van der Waals surface area contributed by atoms with Gasteiger partial charge in [0.15, 0.2) is 16.6 Å². The zero-order chi connectivity index (χ0) is 34.1. The molecule has 2 atom stereocenters. The Morgan fingerprint density at radius 2 is 1.55 bits per heavy atom. The van der Waals surface area contributed by atoms with E-state index in [1.807, 2.05) is 6.08 Å². The Labute approximate surface area is 297 Å². The minimum absolute atomic E-state index is 0.0285. The van der Waals surface area contributed by atoms with Crippen LogP contribution in [-0.4, -0.2) is 16.3 Å². The van der Waals surface area contributed by atoms with Crippen molar-refractivity contribution >= 4 is 44.4 Å². The van der Waals surface area contributed by atoms with Crippen LogP contribution in [0.2, 0.25) is 0 Å². The Hall–Kier alpha value is -6.26. The number of imidazole rings is 1. The van der Waals surface area contributed by atoms with E-state index in [1.54, 1.807) is 0 Å². The van der Waals surface area contributed by atoms with Crippen LogP contribution in [0.25, 0.3) is 66.9 Å². The molecule has 4 heteroatoms. The van der Waals surface area contributed by atoms with Gasteiger partial charge in [-0.15, -0.1) is 0 Å². The average Bonchev–Trinajstić information content (AvgIpc) is 3.73. The van der Waals surface area contributed by atoms with Gasteiger partial charge in [-0.3, -0.25) is 4.99 Å². The van der Waals surface area contributed by atoms with Crippen molar-refractivity contribution in [1.82, 2.24) is 4.57 Å². The zero-order valence-corrected chi connectivity index (χ0v) is 28.3. The predicted octanol–water partition coefficient (Wildman–Crippen LogP) is 11.1. The highest BCUT2D eigenvalue weighted by atomic mass is 16.3. The van der Waals surface area contributed by atoms with E-state index in [0.29, 0.717) is 6.42 Å². The minimum atomic E-state index is 0.0285. The van der Waals surface area contributed by atoms with Crippen LogP contribution in [-0.2, 0) is 6.42 Å². The quantitative estimate of drug-likeness (QED) is 0.174. The molecular formula is C47H36N3O+. The summed E-state index contributed by atoms with van der Waals surface area (Å²) in [5, 5.41) is 2.24. The highest BCUT2D eigenvalue weighted by Crippen LogP contribution is 2.44. The van der Waals surface area contributed by atoms with Gasteiger partial charge >= 0.3 is 5.82 Å². The molecule has 0 amide bonds. The third-order valence-corrected chi connectivity index (χ3v) is 10.9. The Bertz CT molecular complexity index is 2730. The minimum Gasteiger partial charge on any atom is -0.455 e. The molecule has 2 aromatic heterocycles. The van der Waals surface area contributed by atoms with Crippen LogP contribution in [0.3, 0.4) is 0 Å². The monoisotopic (exact) mass is 658 g/mol. The summed E-state index contributed by atoms with van der Waals surface area (Å²) in [6.45, 7) is 9.03. The molecule has 0 radical (unpaired) electrons. The molecule has 4 heterocycles. The first-order valence-corrected chi connectivity index (χ1v) is 17.8. The summed E-state index contributed by atoms with van der Waals surface area (Å²) in [7, 11) is 0. The molecule has 244 valence electrons. The van der Waals surface area contributed by atoms with E-state index in [1.165, 1.54) is 27.8 Å². The molecule has 0 spiro atoms. The number of para-hydroxylation sites is 3. The van der Waals surface area contributed by atoms with Gasteiger partial charge in [-0.05, 0) is 71.5 Å². The number of aromatic nitrogens is 2. The first kappa shape index (κ1) is 29.6. The van der Waals surface area contributed by atoms with Crippen molar-refractivity contribution in [2.45, 2.75) is 31.2 Å². The standard InChI is InChI=1S/C47H36N3O/c1-3-40-36-19-8-7-18-35(36)37-26-24-32-25-27-39-38-20-9-12-23-44(38)51-46(39)45(32)47-49(30(2)28-41(37)48-40)42-21-10-11-22-43(42)50(47)34-17-13-16-33(29-34)31-14-5-4-6-15-31/h3-23,25,27,29,37,41H,1-2,24,26,28H2/q+1. The van der Waals surface area contributed by atoms with E-state index in [2.05, 4.69) is 155 Å². The van der Waals surface area contributed by atoms with Gasteiger partial charge in [0.25, 0.3) is 0 Å². The van der Waals surface area contributed by atoms with Gasteiger partial charge in [0, 0.05) is 28.7 Å². The summed E-state index contributed by atoms with van der Waals surface area (Å²) < 4.78 is 11.7. The van der Waals surface area contributed by atoms with Gasteiger partial charge in [0.05, 0.1) is 11.8 Å². The number of aryl methyl sites for hydroxylation is 1. The molecule has 0 saturated carbocycles. The number of fused-ring (bicyclic) bond motifs is 12. The number of allylic oxidation sites excluding steroid dienone is 1. The molecule has 0 aliphatic carbocycles. The first-order chi connectivity index (χ1) is 25.2. The highest BCUT2D eigenvalue weighted by Gasteiger charge is 2.38. The topological polar surface area (TPSA) is 34.3 Å². The molecule has 0 bridgehead atoms. The van der Waals surface area contributed by atoms with Crippen molar-refractivity contribution in [3.8, 4) is 28.2 Å². The van der Waals surface area contributed by atoms with Crippen LogP contribution in [0, 0.1) is 0 Å². The van der Waals surface area contributed by atoms with Gasteiger partial charge in [0.2, 0.25) is 0 Å². The van der Waals surface area contributed by atoms with Gasteiger partial charge in [-0.2, -0.15) is 9.13 Å². The fourth-order valence-corrected chi connectivity index (χ4v) is 8.66. The number of hydrogen-bond donors (Lipinski definition) is 0. The number of nitrogens with zero attached hydrogens (tertiary/aromatic N) is 3. The second-order valence-corrected chi connectivity index (χ2v) is 13.8. The lowest BCUT2D eigenvalue weighted by Gasteiger charge is -2.32. The fraction of sp³-hybridized carbons (Fsp3) is 0.106. The molecule has 2 unspecified atom stereocenters. The molecular weight excluding hydrogens is 623 g/mol. The number of furan rings is 1. The SMILES string of the molecule is C=CC1=NC2CC(=C)[n+]3c(n(-c4cccc(-c5ccccc5)c4)c4ccccc43)-c3c(ccc4c3oc3ccccc34)CCC2c2ccccc21. The van der Waals surface area contributed by atoms with E-state index in [0.717, 1.165) is 74.3 Å². The Morgan fingerprint density at radius 3 is 2.45 bits per heavy atom. The van der Waals surface area contributed by atoms with E-state index in [-0.39, 0.29) is 12.0 Å². The maximum absolute atomic E-state index is 6.89. The van der Waals surface area contributed by atoms with Gasteiger partial charge in [-0.1, -0.05) is 122 Å². The van der Waals surface area contributed by atoms with Crippen LogP contribution in [0.4, 0.5) is 0 Å². The number of aliphatic imine (C=N–C) groups is 1. The third-order valence-electron chi connectivity index (χ3n) is 10.9. The number of rotatable bonds is 3. The zero-order valence-electron chi connectivity index (χ0n) is 28.3. The predicted molar refractivity (Wildman–Crippen MR) is 210 cm³/mol. The van der Waals surface area contributed by atoms with E-state index in [9.17, 15) is 0 Å². The molecule has 2 aliphatic heterocycles. The molecule has 8 aromatic rings. The lowest BCUT2D eigenvalue weighted by molar-refractivity contribution is -0.542. The van der Waals surface area contributed by atoms with Crippen molar-refractivity contribution in [2.24, 2.45) is 4.99 Å². The number of benzene rings is 6. The molecule has 4 nitrogen and oxygen atoms in total. The maximum atomic E-state index is 6.89. The van der Waals surface area contributed by atoms with Crippen molar-refractivity contribution in [2.75, 3.05) is 0 Å². The van der Waals surface area contributed by atoms with Crippen molar-refractivity contribution < 1.29 is 8.98 Å². The molecule has 10 rings (SSSR count).